The van der Waals surface area contributed by atoms with E-state index in [1.807, 2.05) is 12.5 Å². The number of rotatable bonds is 9. The Morgan fingerprint density at radius 3 is 2.94 bits per heavy atom. The third kappa shape index (κ3) is 4.92. The summed E-state index contributed by atoms with van der Waals surface area (Å²) in [4.78, 5) is 18.8. The topological polar surface area (TPSA) is 46.9 Å². The van der Waals surface area contributed by atoms with Crippen LogP contribution in [0.5, 0.6) is 0 Å². The van der Waals surface area contributed by atoms with Crippen LogP contribution in [0.25, 0.3) is 23.4 Å². The molecule has 0 saturated heterocycles. The average molecular weight is 564 g/mol. The molecule has 0 amide bonds. The predicted octanol–water partition coefficient (Wildman–Crippen LogP) is 4.50. The molecule has 0 spiro atoms. The van der Waals surface area contributed by atoms with Crippen LogP contribution in [-0.2, 0) is 11.3 Å². The fourth-order valence-corrected chi connectivity index (χ4v) is 12.9. The number of nitrogens with zero attached hydrogens (tertiary/aromatic N) is 2. The van der Waals surface area contributed by atoms with Crippen LogP contribution < -0.4 is 15.8 Å². The Bertz CT molecular complexity index is 1110. The van der Waals surface area contributed by atoms with Gasteiger partial charge in [0.1, 0.15) is 0 Å². The van der Waals surface area contributed by atoms with Crippen molar-refractivity contribution in [3.8, 4) is 11.3 Å². The van der Waals surface area contributed by atoms with Gasteiger partial charge in [-0.25, -0.2) is 0 Å². The summed E-state index contributed by atoms with van der Waals surface area (Å²) in [6, 6.07) is 6.47. The van der Waals surface area contributed by atoms with Gasteiger partial charge in [-0.15, -0.1) is 0 Å². The van der Waals surface area contributed by atoms with Crippen molar-refractivity contribution in [3.63, 3.8) is 0 Å². The van der Waals surface area contributed by atoms with E-state index in [1.54, 1.807) is 11.8 Å². The number of nitrogens with one attached hydrogen (secondary N) is 1. The number of hydrogen-bond acceptors (Lipinski definition) is 4. The minimum absolute atomic E-state index is 0.0786. The van der Waals surface area contributed by atoms with E-state index in [1.165, 1.54) is 16.0 Å². The monoisotopic (exact) mass is 563 g/mol. The summed E-state index contributed by atoms with van der Waals surface area (Å²) in [5, 5.41) is 7.75. The first-order valence-corrected chi connectivity index (χ1v) is 16.4. The van der Waals surface area contributed by atoms with Crippen LogP contribution >= 0.6 is 31.6 Å². The Morgan fingerprint density at radius 1 is 1.38 bits per heavy atom. The number of fused-ring (bicyclic) bond motifs is 2. The molecule has 1 aliphatic carbocycles. The van der Waals surface area contributed by atoms with Gasteiger partial charge in [-0.3, -0.25) is 0 Å². The molecule has 4 rings (SSSR count). The second-order valence-electron chi connectivity index (χ2n) is 8.80. The number of benzene rings is 1. The average Bonchev–Trinajstić information content (AvgIpc) is 3.23. The molecule has 172 valence electrons. The van der Waals surface area contributed by atoms with E-state index in [0.717, 1.165) is 47.5 Å². The Labute approximate surface area is 203 Å². The Kier molecular flexibility index (Phi) is 7.95. The van der Waals surface area contributed by atoms with Crippen LogP contribution in [0.4, 0.5) is 0 Å². The molecular formula is C26H34IN3OS. The molecule has 32 heavy (non-hydrogen) atoms. The van der Waals surface area contributed by atoms with Crippen molar-refractivity contribution in [1.29, 1.82) is 0 Å². The van der Waals surface area contributed by atoms with E-state index in [-0.39, 0.29) is 6.04 Å². The van der Waals surface area contributed by atoms with Crippen LogP contribution in [0.1, 0.15) is 42.9 Å². The molecule has 0 saturated carbocycles. The Balaban J connectivity index is 1.71. The summed E-state index contributed by atoms with van der Waals surface area (Å²) in [5.74, 6) is 2.47. The number of likely N-dealkylation sites (N-methyl/N-ethyl adjacent to an activating group) is 1. The van der Waals surface area contributed by atoms with Crippen LogP contribution in [0.15, 0.2) is 36.4 Å². The van der Waals surface area contributed by atoms with E-state index in [0.29, 0.717) is 13.6 Å². The van der Waals surface area contributed by atoms with Gasteiger partial charge in [-0.2, -0.15) is 0 Å². The third-order valence-corrected chi connectivity index (χ3v) is 13.6. The zero-order chi connectivity index (χ0) is 22.7. The molecule has 2 atom stereocenters. The molecule has 1 aliphatic heterocycles. The number of halogens is 1. The third-order valence-electron chi connectivity index (χ3n) is 6.15. The maximum atomic E-state index is 13.6. The second kappa shape index (κ2) is 10.7. The summed E-state index contributed by atoms with van der Waals surface area (Å²) >= 11 is -0.289. The summed E-state index contributed by atoms with van der Waals surface area (Å²) in [5.41, 5.74) is 2.29. The molecule has 0 bridgehead atoms. The van der Waals surface area contributed by atoms with Crippen LogP contribution in [0.2, 0.25) is 0 Å². The molecule has 1 N–H and O–H groups in total. The molecule has 2 aromatic rings. The molecular weight excluding hydrogens is 529 g/mol. The van der Waals surface area contributed by atoms with E-state index in [4.69, 9.17) is 4.98 Å². The molecule has 6 heteroatoms. The van der Waals surface area contributed by atoms with Crippen molar-refractivity contribution in [2.75, 3.05) is 17.2 Å². The number of hydrogen-bond donors (Lipinski definition) is 1. The van der Waals surface area contributed by atoms with Gasteiger partial charge in [0.05, 0.1) is 0 Å². The van der Waals surface area contributed by atoms with E-state index >= 15 is 0 Å². The number of carbonyl (C=O) groups excluding carboxylic acids is 1. The number of alkyl halides is 2. The first kappa shape index (κ1) is 23.8. The maximum absolute atomic E-state index is 13.6. The molecule has 4 nitrogen and oxygen atoms in total. The number of carbonyl (C=O) groups is 1. The fraction of sp³-hybridized carbons (Fsp3) is 0.462. The van der Waals surface area contributed by atoms with Gasteiger partial charge in [0, 0.05) is 0 Å². The van der Waals surface area contributed by atoms with E-state index in [2.05, 4.69) is 66.9 Å². The van der Waals surface area contributed by atoms with Gasteiger partial charge in [-0.05, 0) is 0 Å². The molecule has 2 aliphatic rings. The molecule has 0 radical (unpaired) electrons. The van der Waals surface area contributed by atoms with Gasteiger partial charge in [0.2, 0.25) is 0 Å². The van der Waals surface area contributed by atoms with Crippen molar-refractivity contribution in [1.82, 2.24) is 14.9 Å². The molecule has 2 heterocycles. The predicted molar refractivity (Wildman–Crippen MR) is 147 cm³/mol. The van der Waals surface area contributed by atoms with E-state index in [9.17, 15) is 4.79 Å². The van der Waals surface area contributed by atoms with Crippen molar-refractivity contribution in [2.45, 2.75) is 49.6 Å². The van der Waals surface area contributed by atoms with Crippen molar-refractivity contribution < 1.29 is 4.79 Å². The van der Waals surface area contributed by atoms with Crippen LogP contribution in [0, 0.1) is 5.92 Å². The van der Waals surface area contributed by atoms with Crippen LogP contribution in [-0.4, -0.2) is 36.6 Å². The summed E-state index contributed by atoms with van der Waals surface area (Å²) < 4.78 is 4.18. The van der Waals surface area contributed by atoms with Crippen molar-refractivity contribution >= 4 is 47.5 Å². The summed E-state index contributed by atoms with van der Waals surface area (Å²) in [7, 11) is 1.91. The first-order chi connectivity index (χ1) is 15.5. The number of aryl methyl sites for hydroxylation is 1. The summed E-state index contributed by atoms with van der Waals surface area (Å²) in [6.07, 6.45) is 10.2. The number of aromatic nitrogens is 2. The molecule has 1 aromatic carbocycles. The second-order valence-corrected chi connectivity index (χ2v) is 15.7. The SMILES string of the molecule is C=CSCC(NC)C(=O)I1CCn2cc(-c3cccc4c3=CCCC=4)nc2[C@@H]1CC(C)C. The fourth-order valence-electron chi connectivity index (χ4n) is 4.54. The number of imidazole rings is 1. The molecule has 1 unspecified atom stereocenters. The number of thioether (sulfide) groups is 1. The van der Waals surface area contributed by atoms with Gasteiger partial charge >= 0.3 is 204 Å². The van der Waals surface area contributed by atoms with Gasteiger partial charge in [0.15, 0.2) is 0 Å². The van der Waals surface area contributed by atoms with Gasteiger partial charge in [0.25, 0.3) is 0 Å². The first-order valence-electron chi connectivity index (χ1n) is 11.5. The van der Waals surface area contributed by atoms with Crippen LogP contribution in [0.3, 0.4) is 0 Å². The van der Waals surface area contributed by atoms with Crippen molar-refractivity contribution in [3.05, 3.63) is 52.6 Å². The molecule has 0 fully saturated rings. The Hall–Kier alpha value is -1.38. The van der Waals surface area contributed by atoms with E-state index < -0.39 is 19.8 Å². The summed E-state index contributed by atoms with van der Waals surface area (Å²) in [6.45, 7) is 9.26. The standard InChI is InChI=1S/C26H34IN3OS/c1-5-32-17-24(28-4)25(31)27-13-14-30-16-23(29-26(30)22(27)15-18(2)3)21-12-8-10-19-9-6-7-11-20(19)21/h5,8-12,16,18,22,24,28H,1,6-7,13-15,17H2,2-4H3/t22-,24?/m0/s1. The van der Waals surface area contributed by atoms with Crippen molar-refractivity contribution in [2.24, 2.45) is 5.92 Å². The zero-order valence-corrected chi connectivity index (χ0v) is 22.3. The van der Waals surface area contributed by atoms with Gasteiger partial charge < -0.3 is 0 Å². The quantitative estimate of drug-likeness (QED) is 0.277. The normalized spacial score (nSPS) is 19.5. The Morgan fingerprint density at radius 2 is 2.19 bits per heavy atom. The van der Waals surface area contributed by atoms with Gasteiger partial charge in [-0.1, -0.05) is 0 Å². The molecule has 1 aromatic heterocycles. The minimum atomic E-state index is -1.92. The zero-order valence-electron chi connectivity index (χ0n) is 19.3.